The molecule has 0 bridgehead atoms. The van der Waals surface area contributed by atoms with Crippen molar-refractivity contribution in [3.8, 4) is 11.6 Å². The summed E-state index contributed by atoms with van der Waals surface area (Å²) >= 11 is 5.92. The summed E-state index contributed by atoms with van der Waals surface area (Å²) in [6, 6.07) is 13.8. The zero-order chi connectivity index (χ0) is 21.1. The molecule has 1 N–H and O–H groups in total. The van der Waals surface area contributed by atoms with Crippen LogP contribution in [0.3, 0.4) is 0 Å². The lowest BCUT2D eigenvalue weighted by molar-refractivity contribution is 0.0935. The van der Waals surface area contributed by atoms with E-state index in [-0.39, 0.29) is 17.7 Å². The maximum Gasteiger partial charge on any atom is 0.259 e. The molecule has 7 heteroatoms. The van der Waals surface area contributed by atoms with Gasteiger partial charge in [-0.05, 0) is 50.6 Å². The second kappa shape index (κ2) is 8.49. The third-order valence-corrected chi connectivity index (χ3v) is 4.84. The lowest BCUT2D eigenvalue weighted by atomic mass is 10.0. The fourth-order valence-corrected chi connectivity index (χ4v) is 3.11. The van der Waals surface area contributed by atoms with E-state index in [1.807, 2.05) is 19.1 Å². The highest BCUT2D eigenvalue weighted by Crippen LogP contribution is 2.28. The molecular weight excluding hydrogens is 390 g/mol. The summed E-state index contributed by atoms with van der Waals surface area (Å²) in [6.45, 7) is 5.16. The minimum atomic E-state index is -0.289. The average Bonchev–Trinajstić information content (AvgIpc) is 2.96. The number of carbonyl (C=O) groups is 2. The van der Waals surface area contributed by atoms with Crippen LogP contribution >= 0.6 is 11.6 Å². The van der Waals surface area contributed by atoms with Crippen LogP contribution < -0.4 is 10.1 Å². The Labute approximate surface area is 174 Å². The van der Waals surface area contributed by atoms with Gasteiger partial charge in [-0.3, -0.25) is 9.59 Å². The van der Waals surface area contributed by atoms with Crippen LogP contribution in [-0.4, -0.2) is 21.5 Å². The van der Waals surface area contributed by atoms with Gasteiger partial charge in [-0.15, -0.1) is 0 Å². The fraction of sp³-hybridized carbons (Fsp3) is 0.227. The molecule has 0 fully saturated rings. The first kappa shape index (κ1) is 20.6. The summed E-state index contributed by atoms with van der Waals surface area (Å²) < 4.78 is 7.44. The molecule has 29 heavy (non-hydrogen) atoms. The number of nitrogens with one attached hydrogen (secondary N) is 1. The number of hydrogen-bond donors (Lipinski definition) is 1. The Bertz CT molecular complexity index is 1040. The number of nitrogens with zero attached hydrogens (tertiary/aromatic N) is 2. The van der Waals surface area contributed by atoms with Crippen LogP contribution in [0.5, 0.6) is 11.6 Å². The predicted octanol–water partition coefficient (Wildman–Crippen LogP) is 4.87. The van der Waals surface area contributed by atoms with Crippen molar-refractivity contribution in [3.05, 3.63) is 75.9 Å². The zero-order valence-corrected chi connectivity index (χ0v) is 17.4. The molecule has 1 atom stereocenters. The Morgan fingerprint density at radius 3 is 2.31 bits per heavy atom. The minimum Gasteiger partial charge on any atom is -0.438 e. The molecule has 1 amide bonds. The second-order valence-corrected chi connectivity index (χ2v) is 7.25. The quantitative estimate of drug-likeness (QED) is 0.587. The lowest BCUT2D eigenvalue weighted by Gasteiger charge is -2.15. The molecule has 0 aliphatic rings. The molecule has 1 heterocycles. The summed E-state index contributed by atoms with van der Waals surface area (Å²) in [5, 5.41) is 7.89. The fourth-order valence-electron chi connectivity index (χ4n) is 2.99. The van der Waals surface area contributed by atoms with E-state index in [2.05, 4.69) is 10.4 Å². The van der Waals surface area contributed by atoms with Crippen molar-refractivity contribution in [1.29, 1.82) is 0 Å². The number of aromatic nitrogens is 2. The Kier molecular flexibility index (Phi) is 6.03. The SMILES string of the molecule is CC(=O)c1ccc([C@H](C)NC(=O)c2c(C)nn(C)c2Oc2ccc(Cl)cc2)cc1. The summed E-state index contributed by atoms with van der Waals surface area (Å²) in [6.07, 6.45) is 0. The van der Waals surface area contributed by atoms with Gasteiger partial charge < -0.3 is 10.1 Å². The van der Waals surface area contributed by atoms with Gasteiger partial charge >= 0.3 is 0 Å². The largest absolute Gasteiger partial charge is 0.438 e. The number of benzene rings is 2. The lowest BCUT2D eigenvalue weighted by Crippen LogP contribution is -2.27. The third kappa shape index (κ3) is 4.66. The summed E-state index contributed by atoms with van der Waals surface area (Å²) in [5.74, 6) is 0.617. The van der Waals surface area contributed by atoms with Gasteiger partial charge in [0.15, 0.2) is 5.78 Å². The van der Waals surface area contributed by atoms with Crippen molar-refractivity contribution in [2.75, 3.05) is 0 Å². The van der Waals surface area contributed by atoms with Gasteiger partial charge in [0.25, 0.3) is 5.91 Å². The normalized spacial score (nSPS) is 11.8. The van der Waals surface area contributed by atoms with Gasteiger partial charge in [0.05, 0.1) is 11.7 Å². The topological polar surface area (TPSA) is 73.2 Å². The number of aryl methyl sites for hydroxylation is 2. The average molecular weight is 412 g/mol. The first-order valence-corrected chi connectivity index (χ1v) is 9.53. The van der Waals surface area contributed by atoms with Gasteiger partial charge in [0.2, 0.25) is 5.88 Å². The highest BCUT2D eigenvalue weighted by molar-refractivity contribution is 6.30. The van der Waals surface area contributed by atoms with E-state index in [1.165, 1.54) is 11.6 Å². The van der Waals surface area contributed by atoms with Gasteiger partial charge in [-0.2, -0.15) is 5.10 Å². The first-order valence-electron chi connectivity index (χ1n) is 9.15. The van der Waals surface area contributed by atoms with E-state index < -0.39 is 0 Å². The molecule has 0 radical (unpaired) electrons. The molecule has 0 spiro atoms. The molecular formula is C22H22ClN3O3. The van der Waals surface area contributed by atoms with Gasteiger partial charge in [-0.1, -0.05) is 35.9 Å². The van der Waals surface area contributed by atoms with Crippen molar-refractivity contribution in [3.63, 3.8) is 0 Å². The van der Waals surface area contributed by atoms with E-state index in [1.54, 1.807) is 50.4 Å². The summed E-state index contributed by atoms with van der Waals surface area (Å²) in [4.78, 5) is 24.4. The molecule has 0 saturated heterocycles. The highest BCUT2D eigenvalue weighted by atomic mass is 35.5. The molecule has 3 aromatic rings. The van der Waals surface area contributed by atoms with E-state index in [9.17, 15) is 9.59 Å². The van der Waals surface area contributed by atoms with Crippen molar-refractivity contribution in [2.24, 2.45) is 7.05 Å². The number of carbonyl (C=O) groups excluding carboxylic acids is 2. The second-order valence-electron chi connectivity index (χ2n) is 6.82. The molecule has 2 aromatic carbocycles. The van der Waals surface area contributed by atoms with Crippen LogP contribution in [0.25, 0.3) is 0 Å². The van der Waals surface area contributed by atoms with Crippen molar-refractivity contribution in [1.82, 2.24) is 15.1 Å². The zero-order valence-electron chi connectivity index (χ0n) is 16.7. The molecule has 6 nitrogen and oxygen atoms in total. The van der Waals surface area contributed by atoms with E-state index in [0.29, 0.717) is 33.5 Å². The minimum absolute atomic E-state index is 0.00298. The van der Waals surface area contributed by atoms with E-state index >= 15 is 0 Å². The molecule has 1 aromatic heterocycles. The van der Waals surface area contributed by atoms with Crippen LogP contribution in [0.2, 0.25) is 5.02 Å². The number of ketones is 1. The van der Waals surface area contributed by atoms with E-state index in [4.69, 9.17) is 16.3 Å². The monoisotopic (exact) mass is 411 g/mol. The van der Waals surface area contributed by atoms with Crippen molar-refractivity contribution >= 4 is 23.3 Å². The van der Waals surface area contributed by atoms with Crippen LogP contribution in [0.15, 0.2) is 48.5 Å². The van der Waals surface area contributed by atoms with Crippen LogP contribution in [0.1, 0.15) is 51.9 Å². The Balaban J connectivity index is 1.81. The first-order chi connectivity index (χ1) is 13.8. The molecule has 3 rings (SSSR count). The number of Topliss-reactive ketones (excluding diaryl/α,β-unsaturated/α-hetero) is 1. The number of halogens is 1. The van der Waals surface area contributed by atoms with Crippen molar-refractivity contribution < 1.29 is 14.3 Å². The van der Waals surface area contributed by atoms with Crippen molar-refractivity contribution in [2.45, 2.75) is 26.8 Å². The summed E-state index contributed by atoms with van der Waals surface area (Å²) in [5.41, 5.74) is 2.46. The molecule has 150 valence electrons. The smallest absolute Gasteiger partial charge is 0.259 e. The standard InChI is InChI=1S/C22H22ClN3O3/c1-13(16-5-7-17(8-6-16)15(3)27)24-21(28)20-14(2)25-26(4)22(20)29-19-11-9-18(23)10-12-19/h5-13H,1-4H3,(H,24,28)/t13-/m0/s1. The number of amides is 1. The number of hydrogen-bond acceptors (Lipinski definition) is 4. The van der Waals surface area contributed by atoms with Crippen LogP contribution in [0, 0.1) is 6.92 Å². The Morgan fingerprint density at radius 1 is 1.10 bits per heavy atom. The van der Waals surface area contributed by atoms with Crippen LogP contribution in [-0.2, 0) is 7.05 Å². The Morgan fingerprint density at radius 2 is 1.72 bits per heavy atom. The maximum absolute atomic E-state index is 13.0. The summed E-state index contributed by atoms with van der Waals surface area (Å²) in [7, 11) is 1.72. The Hall–Kier alpha value is -3.12. The third-order valence-electron chi connectivity index (χ3n) is 4.59. The number of rotatable bonds is 6. The van der Waals surface area contributed by atoms with Gasteiger partial charge in [0.1, 0.15) is 11.3 Å². The molecule has 0 aliphatic carbocycles. The highest BCUT2D eigenvalue weighted by Gasteiger charge is 2.24. The van der Waals surface area contributed by atoms with Crippen LogP contribution in [0.4, 0.5) is 0 Å². The van der Waals surface area contributed by atoms with E-state index in [0.717, 1.165) is 5.56 Å². The maximum atomic E-state index is 13.0. The molecule has 0 saturated carbocycles. The number of ether oxygens (including phenoxy) is 1. The van der Waals surface area contributed by atoms with Gasteiger partial charge in [-0.25, -0.2) is 4.68 Å². The van der Waals surface area contributed by atoms with Gasteiger partial charge in [0, 0.05) is 17.6 Å². The molecule has 0 aliphatic heterocycles. The molecule has 0 unspecified atom stereocenters. The predicted molar refractivity (Wildman–Crippen MR) is 112 cm³/mol.